The first-order valence-electron chi connectivity index (χ1n) is 5.67. The maximum atomic E-state index is 4.63. The molecule has 3 rings (SSSR count). The first-order valence-corrected chi connectivity index (χ1v) is 5.67. The molecule has 2 aliphatic rings. The molecule has 2 aliphatic heterocycles. The Morgan fingerprint density at radius 1 is 1.00 bits per heavy atom. The summed E-state index contributed by atoms with van der Waals surface area (Å²) in [4.78, 5) is 8.85. The fraction of sp³-hybridized carbons (Fsp3) is 0.0667. The lowest BCUT2D eigenvalue weighted by Gasteiger charge is -1.99. The topological polar surface area (TPSA) is 24.7 Å². The lowest BCUT2D eigenvalue weighted by Crippen LogP contribution is -2.22. The van der Waals surface area contributed by atoms with Crippen LogP contribution < -0.4 is 10.6 Å². The van der Waals surface area contributed by atoms with Crippen molar-refractivity contribution in [2.45, 2.75) is 6.42 Å². The maximum absolute atomic E-state index is 4.63. The van der Waals surface area contributed by atoms with Gasteiger partial charge in [-0.3, -0.25) is 4.99 Å². The van der Waals surface area contributed by atoms with Crippen molar-refractivity contribution in [3.8, 4) is 0 Å². The number of para-hydroxylation sites is 1. The van der Waals surface area contributed by atoms with Crippen LogP contribution in [0.5, 0.6) is 0 Å². The highest BCUT2D eigenvalue weighted by Gasteiger charge is 2.10. The number of hydrogen-bond acceptors (Lipinski definition) is 2. The molecular weight excluding hydrogens is 208 g/mol. The Bertz CT molecular complexity index is 673. The van der Waals surface area contributed by atoms with Crippen LogP contribution in [0.2, 0.25) is 0 Å². The SMILES string of the molecule is C1=CC=C2N=c3ccccc3=C2CC=NC=C1. The van der Waals surface area contributed by atoms with E-state index in [-0.39, 0.29) is 0 Å². The summed E-state index contributed by atoms with van der Waals surface area (Å²) in [5.41, 5.74) is 2.30. The smallest absolute Gasteiger partial charge is 0.0713 e. The van der Waals surface area contributed by atoms with Crippen molar-refractivity contribution in [1.29, 1.82) is 0 Å². The lowest BCUT2D eigenvalue weighted by atomic mass is 10.1. The largest absolute Gasteiger partial charge is 0.269 e. The Balaban J connectivity index is 2.23. The third kappa shape index (κ3) is 1.89. The summed E-state index contributed by atoms with van der Waals surface area (Å²) >= 11 is 0. The fourth-order valence-corrected chi connectivity index (χ4v) is 2.03. The average molecular weight is 220 g/mol. The number of rotatable bonds is 0. The molecule has 0 saturated carbocycles. The number of benzene rings is 1. The Kier molecular flexibility index (Phi) is 2.54. The van der Waals surface area contributed by atoms with Crippen LogP contribution in [-0.2, 0) is 0 Å². The van der Waals surface area contributed by atoms with E-state index in [1.54, 1.807) is 6.20 Å². The third-order valence-electron chi connectivity index (χ3n) is 2.83. The summed E-state index contributed by atoms with van der Waals surface area (Å²) in [6.07, 6.45) is 12.5. The molecule has 2 heterocycles. The summed E-state index contributed by atoms with van der Waals surface area (Å²) in [5, 5.41) is 2.28. The fourth-order valence-electron chi connectivity index (χ4n) is 2.03. The lowest BCUT2D eigenvalue weighted by molar-refractivity contribution is 1.31. The van der Waals surface area contributed by atoms with Crippen LogP contribution in [-0.4, -0.2) is 6.21 Å². The molecule has 0 saturated heterocycles. The van der Waals surface area contributed by atoms with E-state index in [4.69, 9.17) is 0 Å². The number of fused-ring (bicyclic) bond motifs is 2. The van der Waals surface area contributed by atoms with E-state index in [1.165, 1.54) is 10.8 Å². The van der Waals surface area contributed by atoms with Gasteiger partial charge in [-0.15, -0.1) is 0 Å². The molecule has 0 aliphatic carbocycles. The van der Waals surface area contributed by atoms with Crippen LogP contribution in [0.1, 0.15) is 6.42 Å². The molecular formula is C15H12N2. The third-order valence-corrected chi connectivity index (χ3v) is 2.83. The molecule has 0 bridgehead atoms. The van der Waals surface area contributed by atoms with Gasteiger partial charge in [-0.05, 0) is 23.8 Å². The molecule has 1 aromatic carbocycles. The van der Waals surface area contributed by atoms with Crippen LogP contribution >= 0.6 is 0 Å². The molecule has 2 heteroatoms. The molecule has 0 radical (unpaired) electrons. The van der Waals surface area contributed by atoms with E-state index >= 15 is 0 Å². The molecule has 0 spiro atoms. The van der Waals surface area contributed by atoms with Gasteiger partial charge >= 0.3 is 0 Å². The summed E-state index contributed by atoms with van der Waals surface area (Å²) in [7, 11) is 0. The second-order valence-electron chi connectivity index (χ2n) is 3.92. The van der Waals surface area contributed by atoms with Gasteiger partial charge in [0.2, 0.25) is 0 Å². The van der Waals surface area contributed by atoms with Crippen LogP contribution in [0, 0.1) is 0 Å². The monoisotopic (exact) mass is 220 g/mol. The van der Waals surface area contributed by atoms with Crippen molar-refractivity contribution in [3.05, 3.63) is 71.0 Å². The number of allylic oxidation sites excluding steroid dienone is 5. The van der Waals surface area contributed by atoms with Gasteiger partial charge in [-0.25, -0.2) is 4.99 Å². The van der Waals surface area contributed by atoms with Gasteiger partial charge in [-0.1, -0.05) is 30.4 Å². The molecule has 17 heavy (non-hydrogen) atoms. The zero-order valence-electron chi connectivity index (χ0n) is 9.38. The van der Waals surface area contributed by atoms with Gasteiger partial charge in [-0.2, -0.15) is 0 Å². The highest BCUT2D eigenvalue weighted by Crippen LogP contribution is 2.17. The van der Waals surface area contributed by atoms with Crippen LogP contribution in [0.4, 0.5) is 0 Å². The van der Waals surface area contributed by atoms with Gasteiger partial charge in [0.1, 0.15) is 0 Å². The molecule has 0 N–H and O–H groups in total. The molecule has 0 amide bonds. The van der Waals surface area contributed by atoms with Crippen molar-refractivity contribution < 1.29 is 0 Å². The second kappa shape index (κ2) is 4.34. The zero-order valence-corrected chi connectivity index (χ0v) is 9.38. The zero-order chi connectivity index (χ0) is 11.5. The summed E-state index contributed by atoms with van der Waals surface area (Å²) in [5.74, 6) is 0. The Morgan fingerprint density at radius 3 is 2.94 bits per heavy atom. The van der Waals surface area contributed by atoms with E-state index in [0.717, 1.165) is 17.5 Å². The molecule has 82 valence electrons. The highest BCUT2D eigenvalue weighted by molar-refractivity contribution is 5.80. The van der Waals surface area contributed by atoms with Gasteiger partial charge in [0.15, 0.2) is 0 Å². The van der Waals surface area contributed by atoms with Gasteiger partial charge in [0.05, 0.1) is 11.1 Å². The van der Waals surface area contributed by atoms with Crippen molar-refractivity contribution in [2.75, 3.05) is 0 Å². The van der Waals surface area contributed by atoms with E-state index in [9.17, 15) is 0 Å². The molecule has 0 unspecified atom stereocenters. The minimum absolute atomic E-state index is 0.824. The highest BCUT2D eigenvalue weighted by atomic mass is 14.8. The van der Waals surface area contributed by atoms with Gasteiger partial charge < -0.3 is 0 Å². The molecule has 1 aromatic rings. The number of nitrogens with zero attached hydrogens (tertiary/aromatic N) is 2. The van der Waals surface area contributed by atoms with Gasteiger partial charge in [0, 0.05) is 24.1 Å². The van der Waals surface area contributed by atoms with Crippen molar-refractivity contribution >= 4 is 11.8 Å². The minimum atomic E-state index is 0.824. The molecule has 0 fully saturated rings. The Hall–Kier alpha value is -2.22. The standard InChI is InChI=1S/C15H12N2/c1-2-7-15-13(9-11-16-10-5-1)12-6-3-4-8-14(12)17-15/h1-8,10-11H,9H2. The summed E-state index contributed by atoms with van der Waals surface area (Å²) in [6.45, 7) is 0. The van der Waals surface area contributed by atoms with Gasteiger partial charge in [0.25, 0.3) is 0 Å². The Labute approximate surface area is 99.7 Å². The van der Waals surface area contributed by atoms with Crippen molar-refractivity contribution in [1.82, 2.24) is 0 Å². The molecule has 0 atom stereocenters. The second-order valence-corrected chi connectivity index (χ2v) is 3.92. The van der Waals surface area contributed by atoms with Crippen LogP contribution in [0.15, 0.2) is 70.5 Å². The molecule has 2 nitrogen and oxygen atoms in total. The van der Waals surface area contributed by atoms with Crippen LogP contribution in [0.3, 0.4) is 0 Å². The average Bonchev–Trinajstić information content (AvgIpc) is 2.72. The van der Waals surface area contributed by atoms with E-state index < -0.39 is 0 Å². The number of hydrogen-bond donors (Lipinski definition) is 0. The van der Waals surface area contributed by atoms with Crippen molar-refractivity contribution in [2.24, 2.45) is 9.98 Å². The maximum Gasteiger partial charge on any atom is 0.0713 e. The summed E-state index contributed by atoms with van der Waals surface area (Å²) in [6, 6.07) is 8.24. The van der Waals surface area contributed by atoms with Crippen LogP contribution in [0.25, 0.3) is 5.57 Å². The summed E-state index contributed by atoms with van der Waals surface area (Å²) < 4.78 is 0. The van der Waals surface area contributed by atoms with E-state index in [0.29, 0.717) is 0 Å². The quantitative estimate of drug-likeness (QED) is 0.638. The first-order chi connectivity index (χ1) is 8.45. The van der Waals surface area contributed by atoms with E-state index in [2.05, 4.69) is 34.3 Å². The molecule has 0 aromatic heterocycles. The minimum Gasteiger partial charge on any atom is -0.269 e. The first kappa shape index (κ1) is 9.97. The van der Waals surface area contributed by atoms with E-state index in [1.807, 2.05) is 30.5 Å². The Morgan fingerprint density at radius 2 is 1.94 bits per heavy atom. The normalized spacial score (nSPS) is 17.2. The van der Waals surface area contributed by atoms with Crippen molar-refractivity contribution in [3.63, 3.8) is 0 Å². The number of aliphatic imine (C=N–C) groups is 1. The predicted octanol–water partition coefficient (Wildman–Crippen LogP) is 1.90. The predicted molar refractivity (Wildman–Crippen MR) is 70.1 cm³/mol.